The molecule has 0 aliphatic carbocycles. The first-order chi connectivity index (χ1) is 25.6. The van der Waals surface area contributed by atoms with Crippen LogP contribution < -0.4 is 10.6 Å². The lowest BCUT2D eigenvalue weighted by Crippen LogP contribution is -2.59. The SMILES string of the molecule is CC[C@H](C)C([C@@H](CC(=O)N1CCC[C@H]1[C@H](OC)[C@@H](C)C(=O)NCCc1cccc2cccnc12)OC)N(C)C(=O)[C@@H](NC(=O)[C@H](C(C)C)N(C)C)C(C)C. The van der Waals surface area contributed by atoms with E-state index in [0.29, 0.717) is 25.9 Å². The number of rotatable bonds is 20. The summed E-state index contributed by atoms with van der Waals surface area (Å²) in [4.78, 5) is 65.2. The smallest absolute Gasteiger partial charge is 0.245 e. The zero-order chi connectivity index (χ0) is 40.3. The second-order valence-electron chi connectivity index (χ2n) is 16.0. The highest BCUT2D eigenvalue weighted by Gasteiger charge is 2.43. The van der Waals surface area contributed by atoms with E-state index in [-0.39, 0.29) is 59.9 Å². The van der Waals surface area contributed by atoms with Crippen LogP contribution in [0.1, 0.15) is 79.7 Å². The van der Waals surface area contributed by atoms with Gasteiger partial charge in [-0.25, -0.2) is 0 Å². The first kappa shape index (κ1) is 44.8. The van der Waals surface area contributed by atoms with E-state index in [9.17, 15) is 19.2 Å². The maximum absolute atomic E-state index is 14.2. The van der Waals surface area contributed by atoms with Crippen molar-refractivity contribution in [2.75, 3.05) is 48.5 Å². The largest absolute Gasteiger partial charge is 0.379 e. The van der Waals surface area contributed by atoms with E-state index < -0.39 is 30.2 Å². The number of aromatic nitrogens is 1. The maximum Gasteiger partial charge on any atom is 0.245 e. The van der Waals surface area contributed by atoms with Crippen LogP contribution >= 0.6 is 0 Å². The molecule has 0 bridgehead atoms. The number of nitrogens with one attached hydrogen (secondary N) is 2. The number of carbonyl (C=O) groups excluding carboxylic acids is 4. The average Bonchev–Trinajstić information content (AvgIpc) is 3.62. The number of carbonyl (C=O) groups is 4. The van der Waals surface area contributed by atoms with Gasteiger partial charge in [0, 0.05) is 45.9 Å². The molecule has 4 amide bonds. The molecule has 1 saturated heterocycles. The molecule has 12 nitrogen and oxygen atoms in total. The molecule has 0 saturated carbocycles. The standard InChI is InChI=1S/C42H68N6O6/c1-13-28(6)38(47(10)42(52)35(26(2)3)45-41(51)37(27(4)5)46(8)9)33(53-11)25-34(49)48-24-16-20-32(48)39(54-12)29(7)40(50)44-23-21-31-18-14-17-30-19-15-22-43-36(30)31/h14-15,17-19,22,26-29,32-33,35,37-39H,13,16,20-21,23-25H2,1-12H3,(H,44,50)(H,45,51)/t28-,29+,32-,33+,35-,37-,38?,39+/m0/s1. The minimum absolute atomic E-state index is 0.000116. The second-order valence-corrected chi connectivity index (χ2v) is 16.0. The quantitative estimate of drug-likeness (QED) is 0.202. The Bertz CT molecular complexity index is 1520. The Balaban J connectivity index is 1.73. The predicted molar refractivity (Wildman–Crippen MR) is 214 cm³/mol. The number of fused-ring (bicyclic) bond motifs is 1. The zero-order valence-electron chi connectivity index (χ0n) is 34.9. The molecule has 12 heteroatoms. The molecule has 8 atom stereocenters. The molecular formula is C42H68N6O6. The summed E-state index contributed by atoms with van der Waals surface area (Å²) < 4.78 is 12.0. The maximum atomic E-state index is 14.2. The van der Waals surface area contributed by atoms with E-state index >= 15 is 0 Å². The molecule has 1 aliphatic rings. The number of hydrogen-bond donors (Lipinski definition) is 2. The normalized spacial score (nSPS) is 18.6. The van der Waals surface area contributed by atoms with Gasteiger partial charge in [-0.3, -0.25) is 29.1 Å². The van der Waals surface area contributed by atoms with Gasteiger partial charge < -0.3 is 29.9 Å². The fourth-order valence-electron chi connectivity index (χ4n) is 8.26. The van der Waals surface area contributed by atoms with Gasteiger partial charge in [0.05, 0.1) is 48.2 Å². The summed E-state index contributed by atoms with van der Waals surface area (Å²) >= 11 is 0. The summed E-state index contributed by atoms with van der Waals surface area (Å²) in [5.74, 6) is -1.24. The van der Waals surface area contributed by atoms with Gasteiger partial charge in [-0.1, -0.05) is 79.2 Å². The highest BCUT2D eigenvalue weighted by molar-refractivity contribution is 5.90. The molecule has 1 fully saturated rings. The molecule has 2 heterocycles. The van der Waals surface area contributed by atoms with Crippen molar-refractivity contribution in [1.82, 2.24) is 30.3 Å². The number of likely N-dealkylation sites (N-methyl/N-ethyl adjacent to an activating group) is 2. The number of para-hydroxylation sites is 1. The average molecular weight is 753 g/mol. The molecule has 0 spiro atoms. The first-order valence-electron chi connectivity index (χ1n) is 19.8. The molecule has 2 N–H and O–H groups in total. The van der Waals surface area contributed by atoms with Crippen molar-refractivity contribution in [3.63, 3.8) is 0 Å². The van der Waals surface area contributed by atoms with Crippen LogP contribution in [0.5, 0.6) is 0 Å². The van der Waals surface area contributed by atoms with E-state index in [0.717, 1.165) is 29.3 Å². The molecule has 1 aromatic carbocycles. The van der Waals surface area contributed by atoms with Crippen molar-refractivity contribution in [2.45, 2.75) is 117 Å². The summed E-state index contributed by atoms with van der Waals surface area (Å²) in [6, 6.07) is 8.17. The predicted octanol–water partition coefficient (Wildman–Crippen LogP) is 4.54. The molecular weight excluding hydrogens is 684 g/mol. The number of methoxy groups -OCH3 is 2. The third-order valence-electron chi connectivity index (χ3n) is 11.4. The summed E-state index contributed by atoms with van der Waals surface area (Å²) in [5.41, 5.74) is 2.00. The highest BCUT2D eigenvalue weighted by atomic mass is 16.5. The molecule has 3 rings (SSSR count). The monoisotopic (exact) mass is 753 g/mol. The van der Waals surface area contributed by atoms with Gasteiger partial charge in [-0.2, -0.15) is 0 Å². The number of benzene rings is 1. The van der Waals surface area contributed by atoms with Crippen LogP contribution in [0.4, 0.5) is 0 Å². The van der Waals surface area contributed by atoms with Crippen LogP contribution in [0.3, 0.4) is 0 Å². The van der Waals surface area contributed by atoms with E-state index in [1.807, 2.05) is 88.8 Å². The molecule has 54 heavy (non-hydrogen) atoms. The van der Waals surface area contributed by atoms with Gasteiger partial charge in [-0.15, -0.1) is 0 Å². The summed E-state index contributed by atoms with van der Waals surface area (Å²) in [6.07, 6.45) is 3.65. The van der Waals surface area contributed by atoms with Gasteiger partial charge >= 0.3 is 0 Å². The van der Waals surface area contributed by atoms with Crippen LogP contribution in [0.2, 0.25) is 0 Å². The van der Waals surface area contributed by atoms with Crippen molar-refractivity contribution in [2.24, 2.45) is 23.7 Å². The molecule has 302 valence electrons. The van der Waals surface area contributed by atoms with Crippen LogP contribution in [-0.2, 0) is 35.1 Å². The van der Waals surface area contributed by atoms with Crippen molar-refractivity contribution < 1.29 is 28.7 Å². The lowest BCUT2D eigenvalue weighted by Gasteiger charge is -2.41. The summed E-state index contributed by atoms with van der Waals surface area (Å²) in [7, 11) is 8.66. The number of likely N-dealkylation sites (tertiary alicyclic amines) is 1. The Morgan fingerprint density at radius 2 is 1.63 bits per heavy atom. The first-order valence-corrected chi connectivity index (χ1v) is 19.8. The van der Waals surface area contributed by atoms with Crippen molar-refractivity contribution in [3.8, 4) is 0 Å². The van der Waals surface area contributed by atoms with Gasteiger partial charge in [0.15, 0.2) is 0 Å². The second kappa shape index (κ2) is 20.9. The van der Waals surface area contributed by atoms with Gasteiger partial charge in [0.25, 0.3) is 0 Å². The molecule has 1 aliphatic heterocycles. The number of pyridine rings is 1. The van der Waals surface area contributed by atoms with Crippen molar-refractivity contribution in [3.05, 3.63) is 42.1 Å². The fourth-order valence-corrected chi connectivity index (χ4v) is 8.26. The van der Waals surface area contributed by atoms with Crippen molar-refractivity contribution >= 4 is 34.5 Å². The third kappa shape index (κ3) is 11.0. The lowest BCUT2D eigenvalue weighted by molar-refractivity contribution is -0.148. The topological polar surface area (TPSA) is 133 Å². The van der Waals surface area contributed by atoms with E-state index in [1.165, 1.54) is 0 Å². The molecule has 2 aromatic rings. The Labute approximate surface area is 324 Å². The van der Waals surface area contributed by atoms with E-state index in [4.69, 9.17) is 9.47 Å². The zero-order valence-corrected chi connectivity index (χ0v) is 34.9. The van der Waals surface area contributed by atoms with Crippen LogP contribution in [0.25, 0.3) is 10.9 Å². The molecule has 0 radical (unpaired) electrons. The summed E-state index contributed by atoms with van der Waals surface area (Å²) in [6.45, 7) is 14.8. The number of hydrogen-bond acceptors (Lipinski definition) is 8. The lowest BCUT2D eigenvalue weighted by atomic mass is 9.89. The van der Waals surface area contributed by atoms with E-state index in [2.05, 4.69) is 29.5 Å². The van der Waals surface area contributed by atoms with Crippen LogP contribution in [0.15, 0.2) is 36.5 Å². The fraction of sp³-hybridized carbons (Fsp3) is 0.690. The van der Waals surface area contributed by atoms with Gasteiger partial charge in [0.2, 0.25) is 23.6 Å². The number of nitrogens with zero attached hydrogens (tertiary/aromatic N) is 4. The Morgan fingerprint density at radius 1 is 0.944 bits per heavy atom. The third-order valence-corrected chi connectivity index (χ3v) is 11.4. The number of ether oxygens (including phenoxy) is 2. The highest BCUT2D eigenvalue weighted by Crippen LogP contribution is 2.30. The minimum atomic E-state index is -0.745. The van der Waals surface area contributed by atoms with Crippen LogP contribution in [0, 0.1) is 23.7 Å². The van der Waals surface area contributed by atoms with Gasteiger partial charge in [-0.05, 0) is 62.7 Å². The summed E-state index contributed by atoms with van der Waals surface area (Å²) in [5, 5.41) is 7.20. The Morgan fingerprint density at radius 3 is 2.22 bits per heavy atom. The van der Waals surface area contributed by atoms with Crippen molar-refractivity contribution in [1.29, 1.82) is 0 Å². The Kier molecular flexibility index (Phi) is 17.3. The Hall–Kier alpha value is -3.61. The minimum Gasteiger partial charge on any atom is -0.379 e. The van der Waals surface area contributed by atoms with E-state index in [1.54, 1.807) is 32.4 Å². The number of amides is 4. The van der Waals surface area contributed by atoms with Crippen LogP contribution in [-0.4, -0.2) is 128 Å². The van der Waals surface area contributed by atoms with Gasteiger partial charge in [0.1, 0.15) is 6.04 Å². The molecule has 1 aromatic heterocycles. The molecule has 1 unspecified atom stereocenters.